The summed E-state index contributed by atoms with van der Waals surface area (Å²) in [6.45, 7) is 4.75. The largest absolute Gasteiger partial charge is 0.248 e. The van der Waals surface area contributed by atoms with Gasteiger partial charge in [-0.1, -0.05) is 166 Å². The number of hydrogen-bond donors (Lipinski definition) is 0. The lowest BCUT2D eigenvalue weighted by Gasteiger charge is -2.24. The molecule has 1 aliphatic rings. The van der Waals surface area contributed by atoms with Crippen LogP contribution in [0.1, 0.15) is 25.0 Å². The van der Waals surface area contributed by atoms with Crippen LogP contribution in [-0.2, 0) is 5.41 Å². The lowest BCUT2D eigenvalue weighted by Crippen LogP contribution is -2.15. The van der Waals surface area contributed by atoms with Crippen LogP contribution in [0.4, 0.5) is 0 Å². The van der Waals surface area contributed by atoms with Crippen LogP contribution >= 0.6 is 0 Å². The van der Waals surface area contributed by atoms with Crippen molar-refractivity contribution >= 4 is 10.8 Å². The third-order valence-corrected chi connectivity index (χ3v) is 10.2. The van der Waals surface area contributed by atoms with E-state index in [1.54, 1.807) is 0 Å². The van der Waals surface area contributed by atoms with Crippen LogP contribution in [0.3, 0.4) is 0 Å². The van der Waals surface area contributed by atoms with Gasteiger partial charge in [-0.2, -0.15) is 0 Å². The first kappa shape index (κ1) is 29.1. The van der Waals surface area contributed by atoms with Gasteiger partial charge in [-0.25, -0.2) is 4.98 Å². The van der Waals surface area contributed by atoms with E-state index in [1.807, 2.05) is 0 Å². The molecule has 49 heavy (non-hydrogen) atoms. The molecule has 0 amide bonds. The molecular weight excluding hydrogens is 591 g/mol. The average Bonchev–Trinajstić information content (AvgIpc) is 3.42. The second-order valence-electron chi connectivity index (χ2n) is 13.6. The highest BCUT2D eigenvalue weighted by molar-refractivity contribution is 6.05. The Morgan fingerprint density at radius 3 is 1.69 bits per heavy atom. The van der Waals surface area contributed by atoms with Crippen LogP contribution in [-0.4, -0.2) is 4.98 Å². The summed E-state index contributed by atoms with van der Waals surface area (Å²) in [5.74, 6) is 0. The zero-order valence-corrected chi connectivity index (χ0v) is 27.7. The molecule has 0 aliphatic heterocycles. The number of pyridine rings is 1. The Balaban J connectivity index is 1.21. The van der Waals surface area contributed by atoms with Crippen molar-refractivity contribution in [3.63, 3.8) is 0 Å². The van der Waals surface area contributed by atoms with E-state index in [9.17, 15) is 0 Å². The van der Waals surface area contributed by atoms with Gasteiger partial charge in [0.25, 0.3) is 0 Å². The smallest absolute Gasteiger partial charge is 0.0715 e. The molecule has 8 aromatic rings. The van der Waals surface area contributed by atoms with Crippen molar-refractivity contribution in [1.82, 2.24) is 4.98 Å². The Labute approximate surface area is 288 Å². The monoisotopic (exact) mass is 625 g/mol. The van der Waals surface area contributed by atoms with E-state index >= 15 is 0 Å². The van der Waals surface area contributed by atoms with Crippen LogP contribution in [0.5, 0.6) is 0 Å². The van der Waals surface area contributed by atoms with Gasteiger partial charge in [-0.3, -0.25) is 0 Å². The number of aromatic nitrogens is 1. The van der Waals surface area contributed by atoms with Crippen molar-refractivity contribution in [2.24, 2.45) is 0 Å². The first-order valence-electron chi connectivity index (χ1n) is 17.0. The highest BCUT2D eigenvalue weighted by atomic mass is 14.7. The molecule has 0 radical (unpaired) electrons. The maximum atomic E-state index is 5.20. The zero-order valence-electron chi connectivity index (χ0n) is 27.7. The minimum absolute atomic E-state index is 0.0974. The van der Waals surface area contributed by atoms with E-state index in [0.717, 1.165) is 28.1 Å². The Morgan fingerprint density at radius 1 is 0.388 bits per heavy atom. The first-order chi connectivity index (χ1) is 24.0. The third kappa shape index (κ3) is 4.98. The molecule has 232 valence electrons. The van der Waals surface area contributed by atoms with Crippen molar-refractivity contribution < 1.29 is 0 Å². The number of rotatable bonds is 5. The molecule has 9 rings (SSSR count). The minimum atomic E-state index is -0.0974. The SMILES string of the molecule is CC1(C)c2ccccc2-c2c(-c3cccc(-c4cc(-c5ccccc5)nc(-c5ccc(-c6ccccc6)cc5)c4)c3)cc3ccccc3c21. The van der Waals surface area contributed by atoms with E-state index in [4.69, 9.17) is 4.98 Å². The third-order valence-electron chi connectivity index (χ3n) is 10.2. The quantitative estimate of drug-likeness (QED) is 0.185. The molecule has 0 spiro atoms. The molecule has 1 aromatic heterocycles. The molecule has 0 fully saturated rings. The van der Waals surface area contributed by atoms with Crippen LogP contribution in [0.25, 0.3) is 77.8 Å². The van der Waals surface area contributed by atoms with Gasteiger partial charge in [0.1, 0.15) is 0 Å². The number of hydrogen-bond acceptors (Lipinski definition) is 1. The number of benzene rings is 7. The Hall–Kier alpha value is -6.05. The van der Waals surface area contributed by atoms with Gasteiger partial charge < -0.3 is 0 Å². The van der Waals surface area contributed by atoms with Gasteiger partial charge in [0.15, 0.2) is 0 Å². The highest BCUT2D eigenvalue weighted by Crippen LogP contribution is 2.54. The van der Waals surface area contributed by atoms with Crippen molar-refractivity contribution in [1.29, 1.82) is 0 Å². The van der Waals surface area contributed by atoms with Gasteiger partial charge in [-0.05, 0) is 90.7 Å². The molecule has 1 heteroatoms. The average molecular weight is 626 g/mol. The van der Waals surface area contributed by atoms with Gasteiger partial charge in [-0.15, -0.1) is 0 Å². The maximum absolute atomic E-state index is 5.20. The summed E-state index contributed by atoms with van der Waals surface area (Å²) in [6, 6.07) is 63.6. The normalized spacial score (nSPS) is 12.9. The fourth-order valence-electron chi connectivity index (χ4n) is 7.82. The van der Waals surface area contributed by atoms with Crippen molar-refractivity contribution in [3.05, 3.63) is 187 Å². The van der Waals surface area contributed by atoms with Crippen LogP contribution < -0.4 is 0 Å². The second-order valence-corrected chi connectivity index (χ2v) is 13.6. The predicted octanol–water partition coefficient (Wildman–Crippen LogP) is 12.9. The summed E-state index contributed by atoms with van der Waals surface area (Å²) in [5, 5.41) is 2.61. The summed E-state index contributed by atoms with van der Waals surface area (Å²) >= 11 is 0. The fraction of sp³-hybridized carbons (Fsp3) is 0.0625. The van der Waals surface area contributed by atoms with Gasteiger partial charge in [0.2, 0.25) is 0 Å². The molecule has 0 bridgehead atoms. The number of nitrogens with zero attached hydrogens (tertiary/aromatic N) is 1. The lowest BCUT2D eigenvalue weighted by molar-refractivity contribution is 0.666. The number of fused-ring (bicyclic) bond motifs is 5. The van der Waals surface area contributed by atoms with Crippen LogP contribution in [0.15, 0.2) is 176 Å². The van der Waals surface area contributed by atoms with E-state index < -0.39 is 0 Å². The Kier molecular flexibility index (Phi) is 6.88. The van der Waals surface area contributed by atoms with Gasteiger partial charge in [0.05, 0.1) is 11.4 Å². The molecule has 1 heterocycles. The van der Waals surface area contributed by atoms with Crippen LogP contribution in [0, 0.1) is 0 Å². The molecule has 0 unspecified atom stereocenters. The van der Waals surface area contributed by atoms with E-state index in [1.165, 1.54) is 60.8 Å². The molecule has 0 saturated heterocycles. The van der Waals surface area contributed by atoms with Crippen molar-refractivity contribution in [3.8, 4) is 67.0 Å². The molecule has 7 aromatic carbocycles. The summed E-state index contributed by atoms with van der Waals surface area (Å²) in [6.07, 6.45) is 0. The van der Waals surface area contributed by atoms with E-state index in [-0.39, 0.29) is 5.41 Å². The Bertz CT molecular complexity index is 2490. The molecule has 0 saturated carbocycles. The topological polar surface area (TPSA) is 12.9 Å². The minimum Gasteiger partial charge on any atom is -0.248 e. The van der Waals surface area contributed by atoms with Crippen LogP contribution in [0.2, 0.25) is 0 Å². The lowest BCUT2D eigenvalue weighted by atomic mass is 9.79. The van der Waals surface area contributed by atoms with Crippen molar-refractivity contribution in [2.75, 3.05) is 0 Å². The Morgan fingerprint density at radius 2 is 0.939 bits per heavy atom. The molecule has 0 atom stereocenters. The van der Waals surface area contributed by atoms with Gasteiger partial charge in [0, 0.05) is 16.5 Å². The second kappa shape index (κ2) is 11.6. The fourth-order valence-corrected chi connectivity index (χ4v) is 7.82. The summed E-state index contributed by atoms with van der Waals surface area (Å²) < 4.78 is 0. The molecule has 1 aliphatic carbocycles. The van der Waals surface area contributed by atoms with E-state index in [0.29, 0.717) is 0 Å². The van der Waals surface area contributed by atoms with Gasteiger partial charge >= 0.3 is 0 Å². The summed E-state index contributed by atoms with van der Waals surface area (Å²) in [4.78, 5) is 5.20. The highest BCUT2D eigenvalue weighted by Gasteiger charge is 2.38. The molecule has 1 nitrogen and oxygen atoms in total. The first-order valence-corrected chi connectivity index (χ1v) is 17.0. The maximum Gasteiger partial charge on any atom is 0.0715 e. The molecular formula is C48H35N. The standard InChI is InChI=1S/C48H35N/c1-48(2)43-23-12-11-22-41(43)46-42(29-38-18-9-10-21-40(38)47(46)48)37-20-13-19-36(28-37)39-30-44(34-16-7-4-8-17-34)49-45(31-39)35-26-24-33(25-27-35)32-14-5-3-6-15-32/h3-31H,1-2H3. The van der Waals surface area contributed by atoms with Crippen molar-refractivity contribution in [2.45, 2.75) is 19.3 Å². The molecule has 0 N–H and O–H groups in total. The predicted molar refractivity (Wildman–Crippen MR) is 206 cm³/mol. The van der Waals surface area contributed by atoms with E-state index in [2.05, 4.69) is 190 Å². The summed E-state index contributed by atoms with van der Waals surface area (Å²) in [5.41, 5.74) is 16.8. The summed E-state index contributed by atoms with van der Waals surface area (Å²) in [7, 11) is 0. The zero-order chi connectivity index (χ0) is 33.0.